The van der Waals surface area contributed by atoms with Gasteiger partial charge in [-0.2, -0.15) is 0 Å². The van der Waals surface area contributed by atoms with Crippen molar-refractivity contribution in [3.8, 4) is 0 Å². The summed E-state index contributed by atoms with van der Waals surface area (Å²) < 4.78 is 0. The lowest BCUT2D eigenvalue weighted by Gasteiger charge is -2.36. The van der Waals surface area contributed by atoms with Crippen molar-refractivity contribution in [2.24, 2.45) is 0 Å². The van der Waals surface area contributed by atoms with Crippen molar-refractivity contribution in [2.45, 2.75) is 51.0 Å². The van der Waals surface area contributed by atoms with Gasteiger partial charge in [-0.15, -0.1) is 0 Å². The second-order valence-corrected chi connectivity index (χ2v) is 3.90. The predicted octanol–water partition coefficient (Wildman–Crippen LogP) is 1.21. The molecule has 1 aliphatic carbocycles. The standard InChI is InChI=1S/C10H19NO2/c1-2-9(13)11-10(8-12)6-4-3-5-7-10/h12H,2-8H2,1H3,(H,11,13). The lowest BCUT2D eigenvalue weighted by Crippen LogP contribution is -2.52. The van der Waals surface area contributed by atoms with Crippen LogP contribution in [0.4, 0.5) is 0 Å². The third-order valence-corrected chi connectivity index (χ3v) is 2.84. The maximum absolute atomic E-state index is 11.2. The second kappa shape index (κ2) is 4.61. The molecule has 0 aromatic heterocycles. The van der Waals surface area contributed by atoms with E-state index in [4.69, 9.17) is 0 Å². The minimum absolute atomic E-state index is 0.0518. The Hall–Kier alpha value is -0.570. The molecule has 0 aliphatic heterocycles. The number of aliphatic hydroxyl groups excluding tert-OH is 1. The Labute approximate surface area is 79.5 Å². The van der Waals surface area contributed by atoms with E-state index in [2.05, 4.69) is 5.32 Å². The molecule has 76 valence electrons. The van der Waals surface area contributed by atoms with E-state index in [1.807, 2.05) is 6.92 Å². The van der Waals surface area contributed by atoms with Crippen LogP contribution in [-0.4, -0.2) is 23.2 Å². The summed E-state index contributed by atoms with van der Waals surface area (Å²) >= 11 is 0. The van der Waals surface area contributed by atoms with Gasteiger partial charge in [-0.25, -0.2) is 0 Å². The summed E-state index contributed by atoms with van der Waals surface area (Å²) in [6.45, 7) is 1.92. The number of aliphatic hydroxyl groups is 1. The highest BCUT2D eigenvalue weighted by Crippen LogP contribution is 2.27. The molecule has 0 unspecified atom stereocenters. The minimum Gasteiger partial charge on any atom is -0.394 e. The summed E-state index contributed by atoms with van der Waals surface area (Å²) in [6, 6.07) is 0. The van der Waals surface area contributed by atoms with E-state index in [0.29, 0.717) is 6.42 Å². The van der Waals surface area contributed by atoms with Gasteiger partial charge in [0, 0.05) is 6.42 Å². The predicted molar refractivity (Wildman–Crippen MR) is 51.3 cm³/mol. The number of hydrogen-bond acceptors (Lipinski definition) is 2. The number of rotatable bonds is 3. The van der Waals surface area contributed by atoms with E-state index < -0.39 is 0 Å². The van der Waals surface area contributed by atoms with Crippen molar-refractivity contribution >= 4 is 5.91 Å². The van der Waals surface area contributed by atoms with Crippen molar-refractivity contribution in [1.29, 1.82) is 0 Å². The molecule has 3 heteroatoms. The Kier molecular flexibility index (Phi) is 3.72. The lowest BCUT2D eigenvalue weighted by molar-refractivity contribution is -0.123. The van der Waals surface area contributed by atoms with Crippen LogP contribution in [0.15, 0.2) is 0 Å². The number of hydrogen-bond donors (Lipinski definition) is 2. The molecule has 1 amide bonds. The van der Waals surface area contributed by atoms with Crippen LogP contribution in [0, 0.1) is 0 Å². The third kappa shape index (κ3) is 2.69. The van der Waals surface area contributed by atoms with Crippen LogP contribution in [0.1, 0.15) is 45.4 Å². The zero-order valence-corrected chi connectivity index (χ0v) is 8.31. The molecule has 1 saturated carbocycles. The van der Waals surface area contributed by atoms with E-state index in [1.54, 1.807) is 0 Å². The molecule has 0 aromatic rings. The fraction of sp³-hybridized carbons (Fsp3) is 0.900. The quantitative estimate of drug-likeness (QED) is 0.694. The lowest BCUT2D eigenvalue weighted by atomic mass is 9.82. The average molecular weight is 185 g/mol. The third-order valence-electron chi connectivity index (χ3n) is 2.84. The molecule has 3 nitrogen and oxygen atoms in total. The molecule has 13 heavy (non-hydrogen) atoms. The molecule has 1 fully saturated rings. The van der Waals surface area contributed by atoms with E-state index in [9.17, 15) is 9.90 Å². The van der Waals surface area contributed by atoms with Gasteiger partial charge in [-0.3, -0.25) is 4.79 Å². The molecule has 2 N–H and O–H groups in total. The van der Waals surface area contributed by atoms with Gasteiger partial charge in [-0.05, 0) is 12.8 Å². The smallest absolute Gasteiger partial charge is 0.220 e. The molecule has 1 rings (SSSR count). The van der Waals surface area contributed by atoms with Gasteiger partial charge in [0.05, 0.1) is 12.1 Å². The van der Waals surface area contributed by atoms with Crippen LogP contribution in [0.2, 0.25) is 0 Å². The number of nitrogens with one attached hydrogen (secondary N) is 1. The van der Waals surface area contributed by atoms with Gasteiger partial charge in [0.2, 0.25) is 5.91 Å². The highest BCUT2D eigenvalue weighted by atomic mass is 16.3. The van der Waals surface area contributed by atoms with Gasteiger partial charge in [0.15, 0.2) is 0 Å². The number of amides is 1. The van der Waals surface area contributed by atoms with E-state index >= 15 is 0 Å². The van der Waals surface area contributed by atoms with Gasteiger partial charge in [0.1, 0.15) is 0 Å². The Morgan fingerprint density at radius 1 is 1.38 bits per heavy atom. The van der Waals surface area contributed by atoms with Crippen LogP contribution >= 0.6 is 0 Å². The normalized spacial score (nSPS) is 21.1. The van der Waals surface area contributed by atoms with Crippen molar-refractivity contribution in [3.63, 3.8) is 0 Å². The summed E-state index contributed by atoms with van der Waals surface area (Å²) in [4.78, 5) is 11.2. The zero-order chi connectivity index (χ0) is 9.73. The van der Waals surface area contributed by atoms with Gasteiger partial charge >= 0.3 is 0 Å². The summed E-state index contributed by atoms with van der Waals surface area (Å²) in [5.41, 5.74) is -0.300. The fourth-order valence-electron chi connectivity index (χ4n) is 1.94. The summed E-state index contributed by atoms with van der Waals surface area (Å²) in [5, 5.41) is 12.2. The van der Waals surface area contributed by atoms with Crippen LogP contribution in [-0.2, 0) is 4.79 Å². The van der Waals surface area contributed by atoms with Crippen molar-refractivity contribution in [1.82, 2.24) is 5.32 Å². The first kappa shape index (κ1) is 10.5. The summed E-state index contributed by atoms with van der Waals surface area (Å²) in [6.07, 6.45) is 5.81. The monoisotopic (exact) mass is 185 g/mol. The Morgan fingerprint density at radius 2 is 2.00 bits per heavy atom. The van der Waals surface area contributed by atoms with E-state index in [-0.39, 0.29) is 18.1 Å². The maximum atomic E-state index is 11.2. The largest absolute Gasteiger partial charge is 0.394 e. The van der Waals surface area contributed by atoms with Gasteiger partial charge < -0.3 is 10.4 Å². The van der Waals surface area contributed by atoms with Crippen LogP contribution < -0.4 is 5.32 Å². The molecule has 0 saturated heterocycles. The number of carbonyl (C=O) groups excluding carboxylic acids is 1. The summed E-state index contributed by atoms with van der Waals surface area (Å²) in [5.74, 6) is 0.0518. The van der Waals surface area contributed by atoms with E-state index in [1.165, 1.54) is 6.42 Å². The SMILES string of the molecule is CCC(=O)NC1(CO)CCCCC1. The second-order valence-electron chi connectivity index (χ2n) is 3.90. The topological polar surface area (TPSA) is 49.3 Å². The Bertz CT molecular complexity index is 174. The molecule has 0 atom stereocenters. The average Bonchev–Trinajstić information content (AvgIpc) is 2.19. The molecule has 0 spiro atoms. The van der Waals surface area contributed by atoms with E-state index in [0.717, 1.165) is 25.7 Å². The highest BCUT2D eigenvalue weighted by Gasteiger charge is 2.32. The van der Waals surface area contributed by atoms with Gasteiger partial charge in [-0.1, -0.05) is 26.2 Å². The molecule has 0 aromatic carbocycles. The first-order chi connectivity index (χ1) is 6.22. The first-order valence-electron chi connectivity index (χ1n) is 5.14. The van der Waals surface area contributed by atoms with Crippen LogP contribution in [0.25, 0.3) is 0 Å². The first-order valence-corrected chi connectivity index (χ1v) is 5.14. The van der Waals surface area contributed by atoms with Crippen molar-refractivity contribution in [2.75, 3.05) is 6.61 Å². The van der Waals surface area contributed by atoms with Crippen LogP contribution in [0.3, 0.4) is 0 Å². The van der Waals surface area contributed by atoms with Gasteiger partial charge in [0.25, 0.3) is 0 Å². The molecular weight excluding hydrogens is 166 g/mol. The fourth-order valence-corrected chi connectivity index (χ4v) is 1.94. The number of carbonyl (C=O) groups is 1. The highest BCUT2D eigenvalue weighted by molar-refractivity contribution is 5.76. The molecule has 0 heterocycles. The van der Waals surface area contributed by atoms with Crippen molar-refractivity contribution in [3.05, 3.63) is 0 Å². The Balaban J connectivity index is 2.52. The minimum atomic E-state index is -0.300. The molecular formula is C10H19NO2. The molecule has 0 radical (unpaired) electrons. The zero-order valence-electron chi connectivity index (χ0n) is 8.31. The maximum Gasteiger partial charge on any atom is 0.220 e. The summed E-state index contributed by atoms with van der Waals surface area (Å²) in [7, 11) is 0. The molecule has 0 bridgehead atoms. The molecule has 1 aliphatic rings. The Morgan fingerprint density at radius 3 is 2.46 bits per heavy atom. The van der Waals surface area contributed by atoms with Crippen LogP contribution in [0.5, 0.6) is 0 Å². The van der Waals surface area contributed by atoms with Crippen molar-refractivity contribution < 1.29 is 9.90 Å².